The van der Waals surface area contributed by atoms with Crippen molar-refractivity contribution in [3.63, 3.8) is 0 Å². The molecule has 3 aliphatic rings. The molecule has 0 aromatic heterocycles. The van der Waals surface area contributed by atoms with Crippen LogP contribution in [-0.4, -0.2) is 49.2 Å². The molecule has 4 nitrogen and oxygen atoms in total. The van der Waals surface area contributed by atoms with Crippen molar-refractivity contribution in [1.29, 1.82) is 0 Å². The zero-order valence-corrected chi connectivity index (χ0v) is 11.3. The SMILES string of the molecule is CC1(OCC(=O)N(CC2CC2)CC2CC2)CNC1. The molecule has 0 aromatic carbocycles. The Morgan fingerprint density at radius 2 is 1.78 bits per heavy atom. The number of rotatable bonds is 7. The number of hydrogen-bond donors (Lipinski definition) is 1. The van der Waals surface area contributed by atoms with Gasteiger partial charge < -0.3 is 15.0 Å². The van der Waals surface area contributed by atoms with Crippen LogP contribution in [0.2, 0.25) is 0 Å². The fraction of sp³-hybridized carbons (Fsp3) is 0.929. The van der Waals surface area contributed by atoms with E-state index in [2.05, 4.69) is 17.1 Å². The standard InChI is InChI=1S/C14H24N2O2/c1-14(9-15-10-14)18-8-13(17)16(6-11-2-3-11)7-12-4-5-12/h11-12,15H,2-10H2,1H3. The highest BCUT2D eigenvalue weighted by molar-refractivity contribution is 5.77. The fourth-order valence-electron chi connectivity index (χ4n) is 2.41. The second-order valence-electron chi connectivity index (χ2n) is 6.53. The maximum absolute atomic E-state index is 12.2. The molecule has 1 aliphatic heterocycles. The largest absolute Gasteiger partial charge is 0.363 e. The van der Waals surface area contributed by atoms with Gasteiger partial charge in [-0.2, -0.15) is 0 Å². The summed E-state index contributed by atoms with van der Waals surface area (Å²) in [5.74, 6) is 1.74. The molecule has 0 atom stereocenters. The van der Waals surface area contributed by atoms with Gasteiger partial charge in [0, 0.05) is 26.2 Å². The highest BCUT2D eigenvalue weighted by Gasteiger charge is 2.35. The smallest absolute Gasteiger partial charge is 0.248 e. The highest BCUT2D eigenvalue weighted by atomic mass is 16.5. The third-order valence-corrected chi connectivity index (χ3v) is 4.25. The van der Waals surface area contributed by atoms with Gasteiger partial charge in [-0.05, 0) is 44.4 Å². The Hall–Kier alpha value is -0.610. The fourth-order valence-corrected chi connectivity index (χ4v) is 2.41. The van der Waals surface area contributed by atoms with Gasteiger partial charge in [-0.25, -0.2) is 0 Å². The molecule has 0 aromatic rings. The van der Waals surface area contributed by atoms with Crippen LogP contribution in [0.4, 0.5) is 0 Å². The molecule has 0 spiro atoms. The lowest BCUT2D eigenvalue weighted by Gasteiger charge is -2.39. The Labute approximate surface area is 109 Å². The summed E-state index contributed by atoms with van der Waals surface area (Å²) in [7, 11) is 0. The first-order valence-electron chi connectivity index (χ1n) is 7.27. The lowest BCUT2D eigenvalue weighted by atomic mass is 10.0. The Kier molecular flexibility index (Phi) is 3.32. The molecule has 3 fully saturated rings. The normalized spacial score (nSPS) is 25.6. The summed E-state index contributed by atoms with van der Waals surface area (Å²) in [6, 6.07) is 0. The van der Waals surface area contributed by atoms with Gasteiger partial charge in [0.15, 0.2) is 0 Å². The second kappa shape index (κ2) is 4.82. The molecule has 1 saturated heterocycles. The molecule has 3 rings (SSSR count). The summed E-state index contributed by atoms with van der Waals surface area (Å²) in [5, 5.41) is 3.19. The predicted octanol–water partition coefficient (Wildman–Crippen LogP) is 1.01. The summed E-state index contributed by atoms with van der Waals surface area (Å²) in [6.45, 7) is 6.00. The molecule has 0 bridgehead atoms. The zero-order chi connectivity index (χ0) is 12.6. The van der Waals surface area contributed by atoms with E-state index in [9.17, 15) is 4.79 Å². The Morgan fingerprint density at radius 1 is 1.22 bits per heavy atom. The molecule has 0 radical (unpaired) electrons. The summed E-state index contributed by atoms with van der Waals surface area (Å²) in [6.07, 6.45) is 5.21. The molecule has 102 valence electrons. The van der Waals surface area contributed by atoms with Crippen molar-refractivity contribution in [2.45, 2.75) is 38.2 Å². The second-order valence-corrected chi connectivity index (χ2v) is 6.53. The number of amides is 1. The molecule has 1 amide bonds. The summed E-state index contributed by atoms with van der Waals surface area (Å²) in [4.78, 5) is 14.3. The lowest BCUT2D eigenvalue weighted by molar-refractivity contribution is -0.146. The van der Waals surface area contributed by atoms with E-state index in [0.717, 1.165) is 38.0 Å². The third kappa shape index (κ3) is 3.23. The van der Waals surface area contributed by atoms with Crippen molar-refractivity contribution in [2.75, 3.05) is 32.8 Å². The minimum Gasteiger partial charge on any atom is -0.363 e. The van der Waals surface area contributed by atoms with Gasteiger partial charge in [0.05, 0.1) is 5.60 Å². The number of hydrogen-bond acceptors (Lipinski definition) is 3. The molecule has 4 heteroatoms. The number of ether oxygens (including phenoxy) is 1. The number of nitrogens with one attached hydrogen (secondary N) is 1. The number of carbonyl (C=O) groups is 1. The highest BCUT2D eigenvalue weighted by Crippen LogP contribution is 2.33. The van der Waals surface area contributed by atoms with E-state index >= 15 is 0 Å². The lowest BCUT2D eigenvalue weighted by Crippen LogP contribution is -2.59. The Morgan fingerprint density at radius 3 is 2.17 bits per heavy atom. The number of nitrogens with zero attached hydrogens (tertiary/aromatic N) is 1. The Bertz CT molecular complexity index is 306. The average Bonchev–Trinajstić information content (AvgIpc) is 3.16. The summed E-state index contributed by atoms with van der Waals surface area (Å²) in [5.41, 5.74) is -0.111. The maximum atomic E-state index is 12.2. The Balaban J connectivity index is 1.46. The van der Waals surface area contributed by atoms with E-state index in [1.54, 1.807) is 0 Å². The van der Waals surface area contributed by atoms with Crippen LogP contribution in [0.3, 0.4) is 0 Å². The van der Waals surface area contributed by atoms with E-state index in [-0.39, 0.29) is 18.1 Å². The van der Waals surface area contributed by atoms with Crippen molar-refractivity contribution in [3.8, 4) is 0 Å². The van der Waals surface area contributed by atoms with Crippen LogP contribution in [0.5, 0.6) is 0 Å². The van der Waals surface area contributed by atoms with Crippen molar-refractivity contribution in [3.05, 3.63) is 0 Å². The third-order valence-electron chi connectivity index (χ3n) is 4.25. The van der Waals surface area contributed by atoms with E-state index in [1.807, 2.05) is 0 Å². The molecular formula is C14H24N2O2. The van der Waals surface area contributed by atoms with Gasteiger partial charge in [0.25, 0.3) is 0 Å². The minimum absolute atomic E-state index is 0.111. The van der Waals surface area contributed by atoms with Gasteiger partial charge >= 0.3 is 0 Å². The van der Waals surface area contributed by atoms with Gasteiger partial charge in [-0.15, -0.1) is 0 Å². The maximum Gasteiger partial charge on any atom is 0.248 e. The van der Waals surface area contributed by atoms with Crippen LogP contribution in [0, 0.1) is 11.8 Å². The predicted molar refractivity (Wildman–Crippen MR) is 69.3 cm³/mol. The van der Waals surface area contributed by atoms with Crippen molar-refractivity contribution in [1.82, 2.24) is 10.2 Å². The molecular weight excluding hydrogens is 228 g/mol. The van der Waals surface area contributed by atoms with Crippen molar-refractivity contribution < 1.29 is 9.53 Å². The molecule has 2 aliphatic carbocycles. The van der Waals surface area contributed by atoms with Gasteiger partial charge in [-0.3, -0.25) is 4.79 Å². The first-order valence-corrected chi connectivity index (χ1v) is 7.27. The summed E-state index contributed by atoms with van der Waals surface area (Å²) < 4.78 is 5.76. The van der Waals surface area contributed by atoms with Crippen LogP contribution >= 0.6 is 0 Å². The van der Waals surface area contributed by atoms with Gasteiger partial charge in [-0.1, -0.05) is 0 Å². The van der Waals surface area contributed by atoms with Crippen LogP contribution < -0.4 is 5.32 Å². The first kappa shape index (κ1) is 12.4. The molecule has 1 N–H and O–H groups in total. The van der Waals surface area contributed by atoms with Crippen molar-refractivity contribution in [2.24, 2.45) is 11.8 Å². The van der Waals surface area contributed by atoms with Crippen LogP contribution in [0.15, 0.2) is 0 Å². The minimum atomic E-state index is -0.111. The molecule has 2 saturated carbocycles. The van der Waals surface area contributed by atoms with Gasteiger partial charge in [0.2, 0.25) is 5.91 Å². The zero-order valence-electron chi connectivity index (χ0n) is 11.3. The molecule has 1 heterocycles. The van der Waals surface area contributed by atoms with E-state index in [4.69, 9.17) is 4.74 Å². The van der Waals surface area contributed by atoms with Gasteiger partial charge in [0.1, 0.15) is 6.61 Å². The van der Waals surface area contributed by atoms with Crippen LogP contribution in [0.1, 0.15) is 32.6 Å². The first-order chi connectivity index (χ1) is 8.65. The molecule has 0 unspecified atom stereocenters. The topological polar surface area (TPSA) is 41.6 Å². The van der Waals surface area contributed by atoms with E-state index < -0.39 is 0 Å². The van der Waals surface area contributed by atoms with Crippen LogP contribution in [-0.2, 0) is 9.53 Å². The summed E-state index contributed by atoms with van der Waals surface area (Å²) >= 11 is 0. The van der Waals surface area contributed by atoms with Crippen molar-refractivity contribution >= 4 is 5.91 Å². The average molecular weight is 252 g/mol. The van der Waals surface area contributed by atoms with E-state index in [1.165, 1.54) is 25.7 Å². The monoisotopic (exact) mass is 252 g/mol. The molecule has 18 heavy (non-hydrogen) atoms. The van der Waals surface area contributed by atoms with E-state index in [0.29, 0.717) is 0 Å². The quantitative estimate of drug-likeness (QED) is 0.735. The van der Waals surface area contributed by atoms with Crippen LogP contribution in [0.25, 0.3) is 0 Å². The number of carbonyl (C=O) groups excluding carboxylic acids is 1.